The maximum Gasteiger partial charge on any atom is 0.189 e. The third-order valence-corrected chi connectivity index (χ3v) is 4.25. The largest absolute Gasteiger partial charge is 0.370 e. The van der Waals surface area contributed by atoms with Gasteiger partial charge in [-0.05, 0) is 20.8 Å². The van der Waals surface area contributed by atoms with Crippen LogP contribution < -0.4 is 11.1 Å². The SMILES string of the molecule is CC(C)(C)NC(N)=NCCN1CCS(=O)(=O)CC1.I. The quantitative estimate of drug-likeness (QED) is 0.394. The predicted molar refractivity (Wildman–Crippen MR) is 89.9 cm³/mol. The van der Waals surface area contributed by atoms with Crippen molar-refractivity contribution in [3.05, 3.63) is 0 Å². The molecule has 1 heterocycles. The molecule has 0 aliphatic carbocycles. The summed E-state index contributed by atoms with van der Waals surface area (Å²) in [6.45, 7) is 8.60. The fourth-order valence-corrected chi connectivity index (χ4v) is 2.99. The van der Waals surface area contributed by atoms with Gasteiger partial charge < -0.3 is 11.1 Å². The van der Waals surface area contributed by atoms with Gasteiger partial charge in [0.25, 0.3) is 0 Å². The van der Waals surface area contributed by atoms with E-state index >= 15 is 0 Å². The fraction of sp³-hybridized carbons (Fsp3) is 0.909. The van der Waals surface area contributed by atoms with Crippen LogP contribution in [-0.4, -0.2) is 62.5 Å². The summed E-state index contributed by atoms with van der Waals surface area (Å²) in [7, 11) is -2.80. The van der Waals surface area contributed by atoms with E-state index < -0.39 is 9.84 Å². The van der Waals surface area contributed by atoms with E-state index in [-0.39, 0.29) is 41.0 Å². The molecule has 1 aliphatic rings. The molecule has 0 radical (unpaired) electrons. The van der Waals surface area contributed by atoms with Gasteiger partial charge in [0.2, 0.25) is 0 Å². The molecule has 0 aromatic carbocycles. The van der Waals surface area contributed by atoms with E-state index in [1.165, 1.54) is 0 Å². The Morgan fingerprint density at radius 1 is 1.32 bits per heavy atom. The molecule has 6 nitrogen and oxygen atoms in total. The molecule has 1 rings (SSSR count). The minimum atomic E-state index is -2.80. The first-order valence-corrected chi connectivity index (χ1v) is 8.01. The molecule has 0 aromatic rings. The van der Waals surface area contributed by atoms with Gasteiger partial charge in [-0.3, -0.25) is 9.89 Å². The average molecular weight is 404 g/mol. The van der Waals surface area contributed by atoms with Crippen molar-refractivity contribution in [2.75, 3.05) is 37.7 Å². The van der Waals surface area contributed by atoms with Crippen LogP contribution in [0.1, 0.15) is 20.8 Å². The summed E-state index contributed by atoms with van der Waals surface area (Å²) in [5.41, 5.74) is 5.65. The molecular weight excluding hydrogens is 379 g/mol. The first-order valence-electron chi connectivity index (χ1n) is 6.19. The maximum atomic E-state index is 11.3. The van der Waals surface area contributed by atoms with E-state index in [0.29, 0.717) is 25.6 Å². The Morgan fingerprint density at radius 2 is 1.84 bits per heavy atom. The van der Waals surface area contributed by atoms with Gasteiger partial charge in [0, 0.05) is 25.2 Å². The Labute approximate surface area is 133 Å². The van der Waals surface area contributed by atoms with Gasteiger partial charge in [-0.15, -0.1) is 24.0 Å². The summed E-state index contributed by atoms with van der Waals surface area (Å²) >= 11 is 0. The number of halogens is 1. The molecule has 0 amide bonds. The van der Waals surface area contributed by atoms with E-state index in [2.05, 4.69) is 15.2 Å². The van der Waals surface area contributed by atoms with Crippen LogP contribution in [0.2, 0.25) is 0 Å². The molecule has 0 bridgehead atoms. The fourth-order valence-electron chi connectivity index (χ4n) is 1.71. The van der Waals surface area contributed by atoms with Crippen LogP contribution in [0.3, 0.4) is 0 Å². The molecule has 114 valence electrons. The number of nitrogens with one attached hydrogen (secondary N) is 1. The number of guanidine groups is 1. The van der Waals surface area contributed by atoms with E-state index in [9.17, 15) is 8.42 Å². The van der Waals surface area contributed by atoms with Crippen LogP contribution in [-0.2, 0) is 9.84 Å². The van der Waals surface area contributed by atoms with Gasteiger partial charge in [0.15, 0.2) is 15.8 Å². The van der Waals surface area contributed by atoms with Crippen molar-refractivity contribution in [3.63, 3.8) is 0 Å². The zero-order valence-corrected chi connectivity index (χ0v) is 15.0. The Morgan fingerprint density at radius 3 is 2.32 bits per heavy atom. The molecule has 3 N–H and O–H groups in total. The Balaban J connectivity index is 0.00000324. The molecule has 0 aromatic heterocycles. The van der Waals surface area contributed by atoms with E-state index in [4.69, 9.17) is 5.73 Å². The summed E-state index contributed by atoms with van der Waals surface area (Å²) in [6, 6.07) is 0. The van der Waals surface area contributed by atoms with Crippen LogP contribution >= 0.6 is 24.0 Å². The number of rotatable bonds is 3. The second kappa shape index (κ2) is 7.63. The lowest BCUT2D eigenvalue weighted by atomic mass is 10.1. The van der Waals surface area contributed by atoms with E-state index in [1.807, 2.05) is 20.8 Å². The molecule has 1 fully saturated rings. The molecule has 0 spiro atoms. The highest BCUT2D eigenvalue weighted by molar-refractivity contribution is 14.0. The first kappa shape index (κ1) is 18.9. The predicted octanol–water partition coefficient (Wildman–Crippen LogP) is 0.0376. The summed E-state index contributed by atoms with van der Waals surface area (Å²) in [4.78, 5) is 6.34. The molecule has 0 atom stereocenters. The lowest BCUT2D eigenvalue weighted by Gasteiger charge is -2.26. The number of hydrogen-bond acceptors (Lipinski definition) is 4. The molecule has 1 aliphatic heterocycles. The van der Waals surface area contributed by atoms with Gasteiger partial charge in [0.05, 0.1) is 18.1 Å². The lowest BCUT2D eigenvalue weighted by molar-refractivity contribution is 0.304. The Kier molecular flexibility index (Phi) is 7.59. The summed E-state index contributed by atoms with van der Waals surface area (Å²) in [6.07, 6.45) is 0. The van der Waals surface area contributed by atoms with Crippen molar-refractivity contribution < 1.29 is 8.42 Å². The van der Waals surface area contributed by atoms with Gasteiger partial charge in [-0.1, -0.05) is 0 Å². The molecule has 19 heavy (non-hydrogen) atoms. The van der Waals surface area contributed by atoms with Crippen molar-refractivity contribution in [3.8, 4) is 0 Å². The average Bonchev–Trinajstić information content (AvgIpc) is 2.18. The number of nitrogens with two attached hydrogens (primary N) is 1. The van der Waals surface area contributed by atoms with Crippen molar-refractivity contribution in [1.29, 1.82) is 0 Å². The minimum Gasteiger partial charge on any atom is -0.370 e. The Hall–Kier alpha value is -0.0900. The van der Waals surface area contributed by atoms with Gasteiger partial charge >= 0.3 is 0 Å². The molecule has 0 unspecified atom stereocenters. The maximum absolute atomic E-state index is 11.3. The summed E-state index contributed by atoms with van der Waals surface area (Å²) in [5.74, 6) is 0.950. The third-order valence-electron chi connectivity index (χ3n) is 2.64. The molecule has 1 saturated heterocycles. The van der Waals surface area contributed by atoms with Crippen molar-refractivity contribution in [1.82, 2.24) is 10.2 Å². The number of hydrogen-bond donors (Lipinski definition) is 2. The highest BCUT2D eigenvalue weighted by Gasteiger charge is 2.20. The van der Waals surface area contributed by atoms with Gasteiger partial charge in [-0.2, -0.15) is 0 Å². The van der Waals surface area contributed by atoms with E-state index in [0.717, 1.165) is 6.54 Å². The van der Waals surface area contributed by atoms with Crippen LogP contribution in [0.4, 0.5) is 0 Å². The molecule has 0 saturated carbocycles. The topological polar surface area (TPSA) is 87.8 Å². The summed E-state index contributed by atoms with van der Waals surface area (Å²) in [5, 5.41) is 3.08. The van der Waals surface area contributed by atoms with E-state index in [1.54, 1.807) is 0 Å². The zero-order chi connectivity index (χ0) is 13.8. The van der Waals surface area contributed by atoms with Crippen LogP contribution in [0.5, 0.6) is 0 Å². The molecule has 8 heteroatoms. The molecular formula is C11H25IN4O2S. The highest BCUT2D eigenvalue weighted by Crippen LogP contribution is 2.03. The zero-order valence-electron chi connectivity index (χ0n) is 11.8. The summed E-state index contributed by atoms with van der Waals surface area (Å²) < 4.78 is 22.5. The Bertz CT molecular complexity index is 389. The number of nitrogens with zero attached hydrogens (tertiary/aromatic N) is 2. The van der Waals surface area contributed by atoms with Crippen LogP contribution in [0, 0.1) is 0 Å². The smallest absolute Gasteiger partial charge is 0.189 e. The second-order valence-corrected chi connectivity index (χ2v) is 7.94. The van der Waals surface area contributed by atoms with Crippen molar-refractivity contribution in [2.45, 2.75) is 26.3 Å². The minimum absolute atomic E-state index is 0. The normalized spacial score (nSPS) is 20.7. The van der Waals surface area contributed by atoms with Gasteiger partial charge in [0.1, 0.15) is 0 Å². The van der Waals surface area contributed by atoms with Crippen LogP contribution in [0.25, 0.3) is 0 Å². The monoisotopic (exact) mass is 404 g/mol. The third kappa shape index (κ3) is 8.64. The first-order chi connectivity index (χ1) is 8.18. The number of sulfone groups is 1. The lowest BCUT2D eigenvalue weighted by Crippen LogP contribution is -2.45. The van der Waals surface area contributed by atoms with Gasteiger partial charge in [-0.25, -0.2) is 8.42 Å². The highest BCUT2D eigenvalue weighted by atomic mass is 127. The second-order valence-electron chi connectivity index (χ2n) is 5.64. The van der Waals surface area contributed by atoms with Crippen molar-refractivity contribution >= 4 is 39.8 Å². The number of aliphatic imine (C=N–C) groups is 1. The standard InChI is InChI=1S/C11H24N4O2S.HI/c1-11(2,3)14-10(12)13-4-5-15-6-8-18(16,17)9-7-15;/h4-9H2,1-3H3,(H3,12,13,14);1H. The van der Waals surface area contributed by atoms with Crippen LogP contribution in [0.15, 0.2) is 4.99 Å². The van der Waals surface area contributed by atoms with Crippen molar-refractivity contribution in [2.24, 2.45) is 10.7 Å².